The number of fused-ring (bicyclic) bond motifs is 1. The molecule has 0 aromatic heterocycles. The van der Waals surface area contributed by atoms with Gasteiger partial charge in [-0.3, -0.25) is 4.79 Å². The van der Waals surface area contributed by atoms with Crippen LogP contribution in [0.1, 0.15) is 34.3 Å². The highest BCUT2D eigenvalue weighted by atomic mass is 16.5. The summed E-state index contributed by atoms with van der Waals surface area (Å²) < 4.78 is 137. The van der Waals surface area contributed by atoms with E-state index in [9.17, 15) is 4.79 Å². The number of amides is 1. The standard InChI is InChI=1S/C15H17NO2/c1-11(17)16-9-8-13-5-3-4-12-6-7-14(18-2)10-15(12)13/h3-7,10H,8-9H2,1-2H3,(H,16,17)/i1D3,2D3,3D,4D,5D,6D,7D,8D2,9D2,10D/hD. The summed E-state index contributed by atoms with van der Waals surface area (Å²) in [5, 5.41) is -2.54. The molecular weight excluding hydrogens is 226 g/mol. The van der Waals surface area contributed by atoms with Gasteiger partial charge < -0.3 is 10.0 Å². The van der Waals surface area contributed by atoms with E-state index in [4.69, 9.17) is 23.3 Å². The van der Waals surface area contributed by atoms with Gasteiger partial charge in [-0.05, 0) is 34.8 Å². The van der Waals surface area contributed by atoms with Crippen LogP contribution in [0.3, 0.4) is 0 Å². The Labute approximate surface area is 131 Å². The molecule has 0 fully saturated rings. The van der Waals surface area contributed by atoms with Gasteiger partial charge in [-0.2, -0.15) is 0 Å². The van der Waals surface area contributed by atoms with Gasteiger partial charge in [-0.1, -0.05) is 24.2 Å². The van der Waals surface area contributed by atoms with E-state index in [1.54, 1.807) is 0 Å². The lowest BCUT2D eigenvalue weighted by Gasteiger charge is -2.08. The second kappa shape index (κ2) is 5.54. The molecule has 2 aromatic rings. The van der Waals surface area contributed by atoms with Crippen molar-refractivity contribution in [1.29, 1.82) is 0 Å². The van der Waals surface area contributed by atoms with E-state index in [-0.39, 0.29) is 0 Å². The van der Waals surface area contributed by atoms with Gasteiger partial charge in [-0.25, -0.2) is 0 Å². The predicted octanol–water partition coefficient (Wildman–Crippen LogP) is 2.53. The summed E-state index contributed by atoms with van der Waals surface area (Å²) in [6, 6.07) is -6.35. The van der Waals surface area contributed by atoms with Crippen molar-refractivity contribution in [2.24, 2.45) is 0 Å². The Balaban J connectivity index is 3.09. The molecule has 0 atom stereocenters. The second-order valence-electron chi connectivity index (χ2n) is 2.96. The molecule has 0 saturated carbocycles. The lowest BCUT2D eigenvalue weighted by Crippen LogP contribution is -2.22. The van der Waals surface area contributed by atoms with Gasteiger partial charge in [-0.15, -0.1) is 0 Å². The van der Waals surface area contributed by atoms with Gasteiger partial charge in [0.2, 0.25) is 5.91 Å². The van der Waals surface area contributed by atoms with Gasteiger partial charge in [0.1, 0.15) is 5.75 Å². The maximum absolute atomic E-state index is 12.0. The Bertz CT molecular complexity index is 1200. The molecule has 0 bridgehead atoms. The molecule has 2 aromatic carbocycles. The Kier molecular flexibility index (Phi) is 0.954. The van der Waals surface area contributed by atoms with Crippen molar-refractivity contribution in [2.75, 3.05) is 13.5 Å². The van der Waals surface area contributed by atoms with Crippen molar-refractivity contribution in [2.45, 2.75) is 13.2 Å². The van der Waals surface area contributed by atoms with Crippen LogP contribution in [0.15, 0.2) is 36.3 Å². The van der Waals surface area contributed by atoms with E-state index >= 15 is 0 Å². The molecule has 0 saturated heterocycles. The van der Waals surface area contributed by atoms with E-state index in [0.29, 0.717) is 0 Å². The van der Waals surface area contributed by atoms with Gasteiger partial charge in [0.15, 0.2) is 1.41 Å². The molecule has 1 N–H and O–H groups in total. The molecule has 3 nitrogen and oxygen atoms in total. The van der Waals surface area contributed by atoms with Crippen molar-refractivity contribution >= 4 is 16.7 Å². The molecular formula is C15H17NO2. The average Bonchev–Trinajstić information content (AvgIpc) is 2.70. The first-order chi connectivity index (χ1) is 15.5. The highest BCUT2D eigenvalue weighted by Crippen LogP contribution is 2.24. The maximum atomic E-state index is 12.0. The van der Waals surface area contributed by atoms with Crippen LogP contribution < -0.4 is 10.0 Å². The predicted molar refractivity (Wildman–Crippen MR) is 72.9 cm³/mol. The van der Waals surface area contributed by atoms with Crippen LogP contribution in [0.2, 0.25) is 1.41 Å². The average molecular weight is 260 g/mol. The molecule has 0 aliphatic carbocycles. The van der Waals surface area contributed by atoms with Crippen LogP contribution in [0.5, 0.6) is 5.75 Å². The van der Waals surface area contributed by atoms with E-state index in [2.05, 4.69) is 4.74 Å². The van der Waals surface area contributed by atoms with Crippen molar-refractivity contribution in [1.82, 2.24) is 5.31 Å². The zero-order valence-corrected chi connectivity index (χ0v) is 8.76. The third-order valence-corrected chi connectivity index (χ3v) is 1.85. The van der Waals surface area contributed by atoms with E-state index < -0.39 is 96.3 Å². The summed E-state index contributed by atoms with van der Waals surface area (Å²) in [6.45, 7) is -7.42. The molecule has 94 valence electrons. The summed E-state index contributed by atoms with van der Waals surface area (Å²) in [4.78, 5) is 12.0. The maximum Gasteiger partial charge on any atom is 0.216 e. The number of nitrogens with one attached hydrogen (secondary N) is 1. The molecule has 2 rings (SSSR count). The molecule has 0 spiro atoms. The van der Waals surface area contributed by atoms with Crippen LogP contribution in [0.4, 0.5) is 0 Å². The Morgan fingerprint density at radius 1 is 1.56 bits per heavy atom. The first-order valence-corrected chi connectivity index (χ1v) is 4.56. The normalized spacial score (nSPS) is 27.0. The van der Waals surface area contributed by atoms with Crippen LogP contribution in [0, 0.1) is 0 Å². The van der Waals surface area contributed by atoms with Crippen LogP contribution >= 0.6 is 0 Å². The molecule has 0 aliphatic heterocycles. The second-order valence-corrected chi connectivity index (χ2v) is 2.96. The lowest BCUT2D eigenvalue weighted by molar-refractivity contribution is -0.118. The van der Waals surface area contributed by atoms with Crippen LogP contribution in [-0.4, -0.2) is 19.4 Å². The van der Waals surface area contributed by atoms with Crippen molar-refractivity contribution < 1.29 is 32.9 Å². The third-order valence-electron chi connectivity index (χ3n) is 1.85. The molecule has 0 unspecified atom stereocenters. The number of hydrogen-bond acceptors (Lipinski definition) is 2. The Hall–Kier alpha value is -2.03. The number of aryl methyl sites for hydroxylation is 1. The molecule has 0 aliphatic rings. The minimum absolute atomic E-state index is 0.785. The number of methoxy groups -OCH3 is 1. The number of carbonyl (C=O) groups excluding carboxylic acids is 1. The summed E-state index contributed by atoms with van der Waals surface area (Å²) in [6.07, 6.45) is -3.74. The molecule has 3 heteroatoms. The smallest absolute Gasteiger partial charge is 0.216 e. The summed E-state index contributed by atoms with van der Waals surface area (Å²) in [5.41, 5.74) is -1.25. The summed E-state index contributed by atoms with van der Waals surface area (Å²) in [5.74, 6) is -3.21. The summed E-state index contributed by atoms with van der Waals surface area (Å²) in [7, 11) is -3.26. The Morgan fingerprint density at radius 3 is 3.33 bits per heavy atom. The number of carbonyl (C=O) groups is 1. The zero-order valence-electron chi connectivity index (χ0n) is 25.8. The minimum Gasteiger partial charge on any atom is -0.497 e. The van der Waals surface area contributed by atoms with E-state index in [0.717, 1.165) is 0 Å². The fourth-order valence-electron chi connectivity index (χ4n) is 1.17. The quantitative estimate of drug-likeness (QED) is 0.917. The van der Waals surface area contributed by atoms with Crippen molar-refractivity contribution in [3.63, 3.8) is 0 Å². The minimum atomic E-state index is -3.86. The zero-order chi connectivity index (χ0) is 27.6. The van der Waals surface area contributed by atoms with Crippen molar-refractivity contribution in [3.8, 4) is 5.75 Å². The van der Waals surface area contributed by atoms with E-state index in [1.165, 1.54) is 0 Å². The van der Waals surface area contributed by atoms with E-state index in [1.807, 2.05) is 0 Å². The number of hydrogen-bond donors (Lipinski definition) is 1. The largest absolute Gasteiger partial charge is 0.497 e. The van der Waals surface area contributed by atoms with Gasteiger partial charge in [0.25, 0.3) is 0 Å². The third kappa shape index (κ3) is 2.80. The molecule has 0 heterocycles. The van der Waals surface area contributed by atoms with Crippen LogP contribution in [0.25, 0.3) is 10.8 Å². The molecule has 1 amide bonds. The highest BCUT2D eigenvalue weighted by molar-refractivity contribution is 5.87. The summed E-state index contributed by atoms with van der Waals surface area (Å²) >= 11 is 0. The van der Waals surface area contributed by atoms with Gasteiger partial charge in [0, 0.05) is 22.9 Å². The topological polar surface area (TPSA) is 38.3 Å². The first kappa shape index (κ1) is 3.10. The van der Waals surface area contributed by atoms with Gasteiger partial charge in [0.05, 0.1) is 19.4 Å². The monoisotopic (exact) mass is 260 g/mol. The van der Waals surface area contributed by atoms with Crippen LogP contribution in [-0.2, 0) is 11.2 Å². The fraction of sp³-hybridized carbons (Fsp3) is 0.267. The number of rotatable bonds is 4. The van der Waals surface area contributed by atoms with Crippen molar-refractivity contribution in [3.05, 3.63) is 41.8 Å². The number of benzene rings is 2. The molecule has 0 radical (unpaired) electrons. The molecule has 18 heavy (non-hydrogen) atoms. The lowest BCUT2D eigenvalue weighted by atomic mass is 10.0. The number of ether oxygens (including phenoxy) is 1. The SMILES string of the molecule is [2H]c1c([2H])c(C([2H])([2H])C([2H])([2H])N([2H])C(=O)C([2H])([2H])[2H])c2c([2H])c(OC([2H])([2H])[2H])c([2H])c([2H])c2c1[2H]. The Morgan fingerprint density at radius 2 is 2.50 bits per heavy atom. The van der Waals surface area contributed by atoms with Gasteiger partial charge >= 0.3 is 0 Å². The fourth-order valence-corrected chi connectivity index (χ4v) is 1.17. The highest BCUT2D eigenvalue weighted by Gasteiger charge is 2.03. The first-order valence-electron chi connectivity index (χ1n) is 13.0.